The number of alkyl halides is 1. The largest absolute Gasteiger partial charge is 0.326 e. The van der Waals surface area contributed by atoms with Crippen LogP contribution in [0.1, 0.15) is 38.4 Å². The molecule has 0 amide bonds. The summed E-state index contributed by atoms with van der Waals surface area (Å²) in [6.45, 7) is 3.19. The van der Waals surface area contributed by atoms with Crippen molar-refractivity contribution in [1.82, 2.24) is 9.55 Å². The van der Waals surface area contributed by atoms with Crippen LogP contribution in [-0.2, 0) is 12.4 Å². The Balaban J connectivity index is 2.10. The Bertz CT molecular complexity index is 647. The summed E-state index contributed by atoms with van der Waals surface area (Å²) in [5.41, 5.74) is 1.99. The Labute approximate surface area is 136 Å². The van der Waals surface area contributed by atoms with Crippen molar-refractivity contribution >= 4 is 45.2 Å². The van der Waals surface area contributed by atoms with Gasteiger partial charge < -0.3 is 4.57 Å². The highest BCUT2D eigenvalue weighted by Gasteiger charge is 2.30. The Hall–Kier alpha value is -0.360. The van der Waals surface area contributed by atoms with Gasteiger partial charge in [-0.05, 0) is 46.9 Å². The molecule has 5 heteroatoms. The van der Waals surface area contributed by atoms with Gasteiger partial charge in [0.15, 0.2) is 0 Å². The SMILES string of the molecule is CC1(Cn2c(CCl)nc3cc(I)c(F)cc32)CCCC1. The van der Waals surface area contributed by atoms with E-state index in [2.05, 4.69) is 16.5 Å². The lowest BCUT2D eigenvalue weighted by molar-refractivity contribution is 0.282. The molecule has 1 aromatic heterocycles. The van der Waals surface area contributed by atoms with Crippen molar-refractivity contribution in [2.45, 2.75) is 45.0 Å². The van der Waals surface area contributed by atoms with E-state index in [-0.39, 0.29) is 11.2 Å². The Morgan fingerprint density at radius 1 is 1.40 bits per heavy atom. The maximum atomic E-state index is 13.9. The van der Waals surface area contributed by atoms with Crippen molar-refractivity contribution in [3.8, 4) is 0 Å². The van der Waals surface area contributed by atoms with Crippen LogP contribution in [0.2, 0.25) is 0 Å². The zero-order valence-corrected chi connectivity index (χ0v) is 14.3. The average molecular weight is 407 g/mol. The maximum Gasteiger partial charge on any atom is 0.138 e. The molecule has 1 heterocycles. The molecule has 1 fully saturated rings. The lowest BCUT2D eigenvalue weighted by Gasteiger charge is -2.25. The molecule has 2 aromatic rings. The highest BCUT2D eigenvalue weighted by molar-refractivity contribution is 14.1. The summed E-state index contributed by atoms with van der Waals surface area (Å²) in [6.07, 6.45) is 5.01. The molecule has 0 radical (unpaired) electrons. The summed E-state index contributed by atoms with van der Waals surface area (Å²) in [7, 11) is 0. The summed E-state index contributed by atoms with van der Waals surface area (Å²) < 4.78 is 16.6. The molecule has 2 nitrogen and oxygen atoms in total. The minimum atomic E-state index is -0.183. The molecule has 1 aromatic carbocycles. The van der Waals surface area contributed by atoms with Crippen LogP contribution in [0.3, 0.4) is 0 Å². The molecule has 0 N–H and O–H groups in total. The third-order valence-corrected chi connectivity index (χ3v) is 5.41. The van der Waals surface area contributed by atoms with Crippen molar-refractivity contribution in [3.05, 3.63) is 27.3 Å². The molecule has 20 heavy (non-hydrogen) atoms. The fourth-order valence-corrected chi connectivity index (χ4v) is 3.87. The van der Waals surface area contributed by atoms with Gasteiger partial charge in [-0.25, -0.2) is 9.37 Å². The van der Waals surface area contributed by atoms with Crippen LogP contribution in [0.4, 0.5) is 4.39 Å². The number of fused-ring (bicyclic) bond motifs is 1. The number of halogens is 3. The van der Waals surface area contributed by atoms with E-state index in [4.69, 9.17) is 11.6 Å². The fraction of sp³-hybridized carbons (Fsp3) is 0.533. The third kappa shape index (κ3) is 2.56. The minimum Gasteiger partial charge on any atom is -0.326 e. The van der Waals surface area contributed by atoms with Gasteiger partial charge in [-0.15, -0.1) is 11.6 Å². The first kappa shape index (κ1) is 14.6. The van der Waals surface area contributed by atoms with E-state index in [1.54, 1.807) is 12.1 Å². The van der Waals surface area contributed by atoms with E-state index in [0.29, 0.717) is 9.45 Å². The molecular weight excluding hydrogens is 390 g/mol. The predicted molar refractivity (Wildman–Crippen MR) is 88.5 cm³/mol. The van der Waals surface area contributed by atoms with Gasteiger partial charge in [0, 0.05) is 12.6 Å². The van der Waals surface area contributed by atoms with E-state index in [1.165, 1.54) is 25.7 Å². The van der Waals surface area contributed by atoms with Gasteiger partial charge in [0.2, 0.25) is 0 Å². The second-order valence-electron chi connectivity index (χ2n) is 6.02. The molecule has 1 aliphatic rings. The molecule has 0 spiro atoms. The third-order valence-electron chi connectivity index (χ3n) is 4.34. The van der Waals surface area contributed by atoms with Gasteiger partial charge in [0.1, 0.15) is 11.6 Å². The molecule has 0 bridgehead atoms. The Morgan fingerprint density at radius 3 is 2.75 bits per heavy atom. The quantitative estimate of drug-likeness (QED) is 0.512. The van der Waals surface area contributed by atoms with Gasteiger partial charge >= 0.3 is 0 Å². The summed E-state index contributed by atoms with van der Waals surface area (Å²) in [4.78, 5) is 4.57. The van der Waals surface area contributed by atoms with Gasteiger partial charge in [-0.2, -0.15) is 0 Å². The smallest absolute Gasteiger partial charge is 0.138 e. The molecular formula is C15H17ClFIN2. The molecule has 0 atom stereocenters. The Kier molecular flexibility index (Phi) is 3.97. The van der Waals surface area contributed by atoms with Crippen molar-refractivity contribution in [2.24, 2.45) is 5.41 Å². The fourth-order valence-electron chi connectivity index (χ4n) is 3.22. The van der Waals surface area contributed by atoms with Gasteiger partial charge in [-0.3, -0.25) is 0 Å². The summed E-state index contributed by atoms with van der Waals surface area (Å²) >= 11 is 8.04. The first-order valence-corrected chi connectivity index (χ1v) is 8.54. The second kappa shape index (κ2) is 5.44. The number of rotatable bonds is 3. The number of aromatic nitrogens is 2. The van der Waals surface area contributed by atoms with E-state index in [0.717, 1.165) is 23.4 Å². The predicted octanol–water partition coefficient (Wildman–Crippen LogP) is 5.10. The van der Waals surface area contributed by atoms with Crippen molar-refractivity contribution in [1.29, 1.82) is 0 Å². The van der Waals surface area contributed by atoms with Gasteiger partial charge in [0.25, 0.3) is 0 Å². The first-order chi connectivity index (χ1) is 9.52. The van der Waals surface area contributed by atoms with E-state index in [9.17, 15) is 4.39 Å². The van der Waals surface area contributed by atoms with Crippen molar-refractivity contribution in [3.63, 3.8) is 0 Å². The second-order valence-corrected chi connectivity index (χ2v) is 7.45. The molecule has 3 rings (SSSR count). The highest BCUT2D eigenvalue weighted by Crippen LogP contribution is 2.40. The van der Waals surface area contributed by atoms with Crippen LogP contribution >= 0.6 is 34.2 Å². The number of hydrogen-bond donors (Lipinski definition) is 0. The van der Waals surface area contributed by atoms with E-state index >= 15 is 0 Å². The van der Waals surface area contributed by atoms with Crippen molar-refractivity contribution in [2.75, 3.05) is 0 Å². The summed E-state index contributed by atoms with van der Waals surface area (Å²) in [5, 5.41) is 0. The van der Waals surface area contributed by atoms with Gasteiger partial charge in [-0.1, -0.05) is 19.8 Å². The van der Waals surface area contributed by atoms with Crippen LogP contribution in [0.5, 0.6) is 0 Å². The van der Waals surface area contributed by atoms with Crippen LogP contribution in [-0.4, -0.2) is 9.55 Å². The molecule has 108 valence electrons. The van der Waals surface area contributed by atoms with Crippen LogP contribution in [0, 0.1) is 14.8 Å². The molecule has 0 saturated heterocycles. The molecule has 0 unspecified atom stereocenters. The number of benzene rings is 1. The monoisotopic (exact) mass is 406 g/mol. The van der Waals surface area contributed by atoms with Crippen molar-refractivity contribution < 1.29 is 4.39 Å². The minimum absolute atomic E-state index is 0.183. The Morgan fingerprint density at radius 2 is 2.10 bits per heavy atom. The highest BCUT2D eigenvalue weighted by atomic mass is 127. The van der Waals surface area contributed by atoms with Gasteiger partial charge in [0.05, 0.1) is 20.5 Å². The average Bonchev–Trinajstić information content (AvgIpc) is 2.96. The van der Waals surface area contributed by atoms with Crippen LogP contribution < -0.4 is 0 Å². The van der Waals surface area contributed by atoms with Crippen LogP contribution in [0.15, 0.2) is 12.1 Å². The molecule has 1 aliphatic carbocycles. The lowest BCUT2D eigenvalue weighted by Crippen LogP contribution is -2.20. The normalized spacial score (nSPS) is 18.0. The summed E-state index contributed by atoms with van der Waals surface area (Å²) in [5.74, 6) is 1.02. The molecule has 1 saturated carbocycles. The topological polar surface area (TPSA) is 17.8 Å². The first-order valence-electron chi connectivity index (χ1n) is 6.92. The van der Waals surface area contributed by atoms with E-state index in [1.807, 2.05) is 22.6 Å². The standard InChI is InChI=1S/C15H17ClFIN2/c1-15(4-2-3-5-15)9-20-13-6-10(17)11(18)7-12(13)19-14(20)8-16/h6-7H,2-5,8-9H2,1H3. The lowest BCUT2D eigenvalue weighted by atomic mass is 9.89. The summed E-state index contributed by atoms with van der Waals surface area (Å²) in [6, 6.07) is 3.40. The zero-order valence-electron chi connectivity index (χ0n) is 11.4. The zero-order chi connectivity index (χ0) is 14.3. The van der Waals surface area contributed by atoms with E-state index < -0.39 is 0 Å². The number of nitrogens with zero attached hydrogens (tertiary/aromatic N) is 2. The molecule has 0 aliphatic heterocycles. The maximum absolute atomic E-state index is 13.9. The number of hydrogen-bond acceptors (Lipinski definition) is 1. The van der Waals surface area contributed by atoms with Crippen LogP contribution in [0.25, 0.3) is 11.0 Å². The number of imidazole rings is 1.